The summed E-state index contributed by atoms with van der Waals surface area (Å²) in [7, 11) is 0. The lowest BCUT2D eigenvalue weighted by molar-refractivity contribution is 0.297. The van der Waals surface area contributed by atoms with Gasteiger partial charge < -0.3 is 10.2 Å². The molecule has 2 fully saturated rings. The molecule has 1 N–H and O–H groups in total. The highest BCUT2D eigenvalue weighted by atomic mass is 15.2. The minimum absolute atomic E-state index is 0.728. The maximum absolute atomic E-state index is 4.43. The van der Waals surface area contributed by atoms with Gasteiger partial charge in [-0.05, 0) is 25.5 Å². The van der Waals surface area contributed by atoms with Crippen molar-refractivity contribution in [3.63, 3.8) is 0 Å². The van der Waals surface area contributed by atoms with Gasteiger partial charge in [0.2, 0.25) is 0 Å². The molecule has 2 aliphatic heterocycles. The smallest absolute Gasteiger partial charge is 0.0556 e. The number of nitrogens with one attached hydrogen (secondary N) is 1. The molecule has 3 nitrogen and oxygen atoms in total. The summed E-state index contributed by atoms with van der Waals surface area (Å²) in [5.41, 5.74) is 3.72. The molecule has 0 unspecified atom stereocenters. The SMILES string of the molecule is Cc1cc(N2C[C@@H]3CN[C@@H]3C2)cnc1C. The molecule has 0 radical (unpaired) electrons. The van der Waals surface area contributed by atoms with Crippen LogP contribution in [0.5, 0.6) is 0 Å². The van der Waals surface area contributed by atoms with Crippen molar-refractivity contribution in [2.24, 2.45) is 5.92 Å². The van der Waals surface area contributed by atoms with E-state index in [2.05, 4.69) is 35.1 Å². The average molecular weight is 203 g/mol. The van der Waals surface area contributed by atoms with Gasteiger partial charge in [0.1, 0.15) is 0 Å². The molecule has 15 heavy (non-hydrogen) atoms. The van der Waals surface area contributed by atoms with Crippen LogP contribution in [0.25, 0.3) is 0 Å². The lowest BCUT2D eigenvalue weighted by atomic mass is 9.96. The van der Waals surface area contributed by atoms with Gasteiger partial charge in [-0.25, -0.2) is 0 Å². The van der Waals surface area contributed by atoms with Gasteiger partial charge in [0, 0.05) is 37.3 Å². The number of aryl methyl sites for hydroxylation is 2. The van der Waals surface area contributed by atoms with Gasteiger partial charge in [-0.2, -0.15) is 0 Å². The number of pyridine rings is 1. The molecule has 0 spiro atoms. The molecule has 1 aromatic rings. The molecule has 2 saturated heterocycles. The molecular formula is C12H17N3. The molecule has 3 rings (SSSR count). The zero-order valence-electron chi connectivity index (χ0n) is 9.33. The first-order chi connectivity index (χ1) is 7.24. The van der Waals surface area contributed by atoms with Crippen molar-refractivity contribution in [2.45, 2.75) is 19.9 Å². The first-order valence-electron chi connectivity index (χ1n) is 5.65. The average Bonchev–Trinajstić information content (AvgIpc) is 2.48. The Kier molecular flexibility index (Phi) is 1.96. The van der Waals surface area contributed by atoms with Gasteiger partial charge in [-0.15, -0.1) is 0 Å². The van der Waals surface area contributed by atoms with Crippen LogP contribution in [0.3, 0.4) is 0 Å². The predicted molar refractivity (Wildman–Crippen MR) is 61.2 cm³/mol. The van der Waals surface area contributed by atoms with Crippen LogP contribution in [0.1, 0.15) is 11.3 Å². The zero-order chi connectivity index (χ0) is 10.4. The van der Waals surface area contributed by atoms with Crippen molar-refractivity contribution in [3.05, 3.63) is 23.5 Å². The molecular weight excluding hydrogens is 186 g/mol. The van der Waals surface area contributed by atoms with E-state index in [0.29, 0.717) is 0 Å². The highest BCUT2D eigenvalue weighted by molar-refractivity contribution is 5.49. The van der Waals surface area contributed by atoms with Crippen molar-refractivity contribution >= 4 is 5.69 Å². The van der Waals surface area contributed by atoms with Gasteiger partial charge in [-0.1, -0.05) is 0 Å². The van der Waals surface area contributed by atoms with Gasteiger partial charge >= 0.3 is 0 Å². The number of aromatic nitrogens is 1. The predicted octanol–water partition coefficient (Wildman–Crippen LogP) is 1.11. The Hall–Kier alpha value is -1.09. The Morgan fingerprint density at radius 1 is 1.40 bits per heavy atom. The molecule has 0 aliphatic carbocycles. The number of anilines is 1. The van der Waals surface area contributed by atoms with Gasteiger partial charge in [0.25, 0.3) is 0 Å². The van der Waals surface area contributed by atoms with Gasteiger partial charge in [-0.3, -0.25) is 4.98 Å². The Morgan fingerprint density at radius 3 is 2.80 bits per heavy atom. The molecule has 80 valence electrons. The second kappa shape index (κ2) is 3.20. The van der Waals surface area contributed by atoms with E-state index in [1.807, 2.05) is 6.20 Å². The number of nitrogens with zero attached hydrogens (tertiary/aromatic N) is 2. The lowest BCUT2D eigenvalue weighted by Crippen LogP contribution is -2.51. The third-order valence-corrected chi connectivity index (χ3v) is 3.77. The van der Waals surface area contributed by atoms with Crippen molar-refractivity contribution in [1.82, 2.24) is 10.3 Å². The van der Waals surface area contributed by atoms with Crippen LogP contribution in [-0.2, 0) is 0 Å². The van der Waals surface area contributed by atoms with Crippen LogP contribution in [0, 0.1) is 19.8 Å². The highest BCUT2D eigenvalue weighted by Crippen LogP contribution is 2.28. The summed E-state index contributed by atoms with van der Waals surface area (Å²) >= 11 is 0. The quantitative estimate of drug-likeness (QED) is 0.741. The maximum atomic E-state index is 4.43. The summed E-state index contributed by atoms with van der Waals surface area (Å²) in [6.45, 7) is 7.74. The van der Waals surface area contributed by atoms with Crippen LogP contribution in [0.15, 0.2) is 12.3 Å². The Bertz CT molecular complexity index is 376. The third-order valence-electron chi connectivity index (χ3n) is 3.77. The van der Waals surface area contributed by atoms with E-state index in [4.69, 9.17) is 0 Å². The maximum Gasteiger partial charge on any atom is 0.0556 e. The number of hydrogen-bond acceptors (Lipinski definition) is 3. The summed E-state index contributed by atoms with van der Waals surface area (Å²) in [5, 5.41) is 3.47. The molecule has 0 saturated carbocycles. The van der Waals surface area contributed by atoms with Crippen molar-refractivity contribution in [1.29, 1.82) is 0 Å². The standard InChI is InChI=1S/C12H17N3/c1-8-3-11(5-13-9(8)2)15-6-10-4-14-12(10)7-15/h3,5,10,12,14H,4,6-7H2,1-2H3/t10-,12+/m0/s1. The van der Waals surface area contributed by atoms with E-state index >= 15 is 0 Å². The molecule has 0 bridgehead atoms. The highest BCUT2D eigenvalue weighted by Gasteiger charge is 2.39. The summed E-state index contributed by atoms with van der Waals surface area (Å²) in [5.74, 6) is 0.867. The van der Waals surface area contributed by atoms with Crippen LogP contribution in [0.4, 0.5) is 5.69 Å². The number of rotatable bonds is 1. The second-order valence-electron chi connectivity index (χ2n) is 4.78. The normalized spacial score (nSPS) is 28.8. The largest absolute Gasteiger partial charge is 0.368 e. The first-order valence-corrected chi connectivity index (χ1v) is 5.65. The Morgan fingerprint density at radius 2 is 2.27 bits per heavy atom. The fraction of sp³-hybridized carbons (Fsp3) is 0.583. The molecule has 0 aromatic carbocycles. The Labute approximate surface area is 90.5 Å². The lowest BCUT2D eigenvalue weighted by Gasteiger charge is -2.29. The molecule has 3 heterocycles. The first kappa shape index (κ1) is 9.16. The fourth-order valence-corrected chi connectivity index (χ4v) is 2.46. The molecule has 3 heteroatoms. The van der Waals surface area contributed by atoms with E-state index in [0.717, 1.165) is 24.2 Å². The van der Waals surface area contributed by atoms with Crippen molar-refractivity contribution < 1.29 is 0 Å². The minimum atomic E-state index is 0.728. The monoisotopic (exact) mass is 203 g/mol. The summed E-state index contributed by atoms with van der Waals surface area (Å²) in [6, 6.07) is 2.99. The van der Waals surface area contributed by atoms with E-state index in [-0.39, 0.29) is 0 Å². The molecule has 2 aliphatic rings. The third kappa shape index (κ3) is 1.42. The summed E-state index contributed by atoms with van der Waals surface area (Å²) in [6.07, 6.45) is 2.01. The topological polar surface area (TPSA) is 28.2 Å². The molecule has 2 atom stereocenters. The summed E-state index contributed by atoms with van der Waals surface area (Å²) < 4.78 is 0. The zero-order valence-corrected chi connectivity index (χ0v) is 9.33. The molecule has 1 aromatic heterocycles. The van der Waals surface area contributed by atoms with Crippen LogP contribution >= 0.6 is 0 Å². The van der Waals surface area contributed by atoms with Crippen molar-refractivity contribution in [3.8, 4) is 0 Å². The van der Waals surface area contributed by atoms with E-state index in [9.17, 15) is 0 Å². The molecule has 0 amide bonds. The Balaban J connectivity index is 1.84. The fourth-order valence-electron chi connectivity index (χ4n) is 2.46. The minimum Gasteiger partial charge on any atom is -0.368 e. The van der Waals surface area contributed by atoms with Crippen LogP contribution in [-0.4, -0.2) is 30.7 Å². The van der Waals surface area contributed by atoms with Gasteiger partial charge in [0.15, 0.2) is 0 Å². The second-order valence-corrected chi connectivity index (χ2v) is 4.78. The number of hydrogen-bond donors (Lipinski definition) is 1. The van der Waals surface area contributed by atoms with E-state index in [1.165, 1.54) is 24.3 Å². The van der Waals surface area contributed by atoms with E-state index in [1.54, 1.807) is 0 Å². The van der Waals surface area contributed by atoms with Crippen LogP contribution < -0.4 is 10.2 Å². The summed E-state index contributed by atoms with van der Waals surface area (Å²) in [4.78, 5) is 6.88. The van der Waals surface area contributed by atoms with E-state index < -0.39 is 0 Å². The van der Waals surface area contributed by atoms with Crippen LogP contribution in [0.2, 0.25) is 0 Å². The van der Waals surface area contributed by atoms with Gasteiger partial charge in [0.05, 0.1) is 11.9 Å². The number of fused-ring (bicyclic) bond motifs is 1. The van der Waals surface area contributed by atoms with Crippen molar-refractivity contribution in [2.75, 3.05) is 24.5 Å².